The number of carbonyl (C=O) groups excluding carboxylic acids is 1. The minimum atomic E-state index is -1.11. The van der Waals surface area contributed by atoms with Gasteiger partial charge in [0.25, 0.3) is 0 Å². The standard InChI is InChI=1S/C18H20N2O3S/c1-11-14(12(2)23-20-11)9-17(21)19-10-18(3,22)16-8-13-6-4-5-7-15(13)24-16/h4-8,22H,9-10H2,1-3H3,(H,19,21)/t18-/m1/s1. The van der Waals surface area contributed by atoms with E-state index in [2.05, 4.69) is 10.5 Å². The van der Waals surface area contributed by atoms with E-state index >= 15 is 0 Å². The highest BCUT2D eigenvalue weighted by atomic mass is 32.1. The molecule has 126 valence electrons. The molecule has 0 bridgehead atoms. The molecule has 0 aliphatic rings. The molecule has 1 aromatic carbocycles. The van der Waals surface area contributed by atoms with Gasteiger partial charge < -0.3 is 14.9 Å². The van der Waals surface area contributed by atoms with Crippen LogP contribution in [0.15, 0.2) is 34.9 Å². The summed E-state index contributed by atoms with van der Waals surface area (Å²) in [6.07, 6.45) is 0.198. The number of nitrogens with one attached hydrogen (secondary N) is 1. The van der Waals surface area contributed by atoms with E-state index in [1.54, 1.807) is 13.8 Å². The van der Waals surface area contributed by atoms with Crippen molar-refractivity contribution < 1.29 is 14.4 Å². The first-order chi connectivity index (χ1) is 11.4. The lowest BCUT2D eigenvalue weighted by atomic mass is 10.0. The molecule has 6 heteroatoms. The van der Waals surface area contributed by atoms with Crippen LogP contribution in [0.3, 0.4) is 0 Å². The quantitative estimate of drug-likeness (QED) is 0.746. The topological polar surface area (TPSA) is 75.4 Å². The Hall–Kier alpha value is -2.18. The van der Waals surface area contributed by atoms with Gasteiger partial charge in [-0.2, -0.15) is 0 Å². The highest BCUT2D eigenvalue weighted by molar-refractivity contribution is 7.19. The highest BCUT2D eigenvalue weighted by Gasteiger charge is 2.26. The van der Waals surface area contributed by atoms with Crippen LogP contribution in [0.1, 0.15) is 28.8 Å². The number of hydrogen-bond donors (Lipinski definition) is 2. The van der Waals surface area contributed by atoms with Crippen molar-refractivity contribution in [3.63, 3.8) is 0 Å². The maximum atomic E-state index is 12.2. The Kier molecular flexibility index (Phi) is 4.43. The molecule has 1 atom stereocenters. The molecule has 0 aliphatic heterocycles. The zero-order valence-electron chi connectivity index (χ0n) is 13.9. The SMILES string of the molecule is Cc1noc(C)c1CC(=O)NC[C@@](C)(O)c1cc2ccccc2s1. The maximum absolute atomic E-state index is 12.2. The lowest BCUT2D eigenvalue weighted by Crippen LogP contribution is -2.38. The normalized spacial score (nSPS) is 13.8. The number of thiophene rings is 1. The average Bonchev–Trinajstić information content (AvgIpc) is 3.12. The van der Waals surface area contributed by atoms with Crippen molar-refractivity contribution >= 4 is 27.3 Å². The summed E-state index contributed by atoms with van der Waals surface area (Å²) in [5, 5.41) is 18.5. The van der Waals surface area contributed by atoms with E-state index in [1.807, 2.05) is 37.3 Å². The second-order valence-corrected chi connectivity index (χ2v) is 7.26. The Balaban J connectivity index is 1.67. The first-order valence-electron chi connectivity index (χ1n) is 7.77. The predicted molar refractivity (Wildman–Crippen MR) is 94.1 cm³/mol. The second kappa shape index (κ2) is 6.37. The Bertz CT molecular complexity index is 827. The van der Waals surface area contributed by atoms with Gasteiger partial charge in [-0.05, 0) is 38.3 Å². The van der Waals surface area contributed by atoms with Crippen LogP contribution < -0.4 is 5.32 Å². The largest absolute Gasteiger partial charge is 0.383 e. The molecule has 1 amide bonds. The molecule has 24 heavy (non-hydrogen) atoms. The molecule has 3 aromatic rings. The van der Waals surface area contributed by atoms with E-state index in [1.165, 1.54) is 11.3 Å². The smallest absolute Gasteiger partial charge is 0.224 e. The molecule has 0 radical (unpaired) electrons. The summed E-state index contributed by atoms with van der Waals surface area (Å²) in [5.41, 5.74) is 0.408. The third-order valence-electron chi connectivity index (χ3n) is 4.10. The van der Waals surface area contributed by atoms with Gasteiger partial charge in [0.15, 0.2) is 0 Å². The summed E-state index contributed by atoms with van der Waals surface area (Å²) in [7, 11) is 0. The van der Waals surface area contributed by atoms with Crippen molar-refractivity contribution in [3.05, 3.63) is 52.2 Å². The summed E-state index contributed by atoms with van der Waals surface area (Å²) >= 11 is 1.54. The first-order valence-corrected chi connectivity index (χ1v) is 8.58. The highest BCUT2D eigenvalue weighted by Crippen LogP contribution is 2.32. The Labute approximate surface area is 144 Å². The van der Waals surface area contributed by atoms with Crippen LogP contribution in [-0.4, -0.2) is 22.7 Å². The van der Waals surface area contributed by atoms with Crippen LogP contribution in [0.4, 0.5) is 0 Å². The average molecular weight is 344 g/mol. The van der Waals surface area contributed by atoms with Crippen LogP contribution in [-0.2, 0) is 16.8 Å². The monoisotopic (exact) mass is 344 g/mol. The fourth-order valence-electron chi connectivity index (χ4n) is 2.58. The lowest BCUT2D eigenvalue weighted by molar-refractivity contribution is -0.121. The van der Waals surface area contributed by atoms with Gasteiger partial charge in [-0.3, -0.25) is 4.79 Å². The number of hydrogen-bond acceptors (Lipinski definition) is 5. The fraction of sp³-hybridized carbons (Fsp3) is 0.333. The maximum Gasteiger partial charge on any atom is 0.224 e. The third kappa shape index (κ3) is 3.34. The van der Waals surface area contributed by atoms with Crippen molar-refractivity contribution in [2.45, 2.75) is 32.8 Å². The first kappa shape index (κ1) is 16.7. The molecule has 2 heterocycles. The van der Waals surface area contributed by atoms with Gasteiger partial charge in [-0.25, -0.2) is 0 Å². The van der Waals surface area contributed by atoms with E-state index < -0.39 is 5.60 Å². The zero-order chi connectivity index (χ0) is 17.3. The van der Waals surface area contributed by atoms with E-state index in [0.717, 1.165) is 26.2 Å². The van der Waals surface area contributed by atoms with Crippen molar-refractivity contribution in [2.75, 3.05) is 6.54 Å². The summed E-state index contributed by atoms with van der Waals surface area (Å²) in [6.45, 7) is 5.47. The molecule has 0 aliphatic carbocycles. The van der Waals surface area contributed by atoms with Crippen LogP contribution in [0, 0.1) is 13.8 Å². The van der Waals surface area contributed by atoms with Gasteiger partial charge in [0.1, 0.15) is 11.4 Å². The molecule has 0 saturated carbocycles. The third-order valence-corrected chi connectivity index (χ3v) is 5.47. The second-order valence-electron chi connectivity index (χ2n) is 6.18. The number of amides is 1. The number of fused-ring (bicyclic) bond motifs is 1. The Morgan fingerprint density at radius 1 is 1.38 bits per heavy atom. The van der Waals surface area contributed by atoms with Crippen molar-refractivity contribution in [3.8, 4) is 0 Å². The minimum absolute atomic E-state index is 0.155. The summed E-state index contributed by atoms with van der Waals surface area (Å²) < 4.78 is 6.19. The number of aliphatic hydroxyl groups is 1. The number of benzene rings is 1. The Morgan fingerprint density at radius 2 is 2.12 bits per heavy atom. The van der Waals surface area contributed by atoms with Crippen LogP contribution >= 0.6 is 11.3 Å². The fourth-order valence-corrected chi connectivity index (χ4v) is 3.69. The summed E-state index contributed by atoms with van der Waals surface area (Å²) in [4.78, 5) is 13.0. The molecular weight excluding hydrogens is 324 g/mol. The Morgan fingerprint density at radius 3 is 2.79 bits per heavy atom. The van der Waals surface area contributed by atoms with Crippen LogP contribution in [0.2, 0.25) is 0 Å². The van der Waals surface area contributed by atoms with E-state index in [-0.39, 0.29) is 18.9 Å². The molecule has 0 spiro atoms. The van der Waals surface area contributed by atoms with E-state index in [4.69, 9.17) is 4.52 Å². The van der Waals surface area contributed by atoms with Gasteiger partial charge in [-0.15, -0.1) is 11.3 Å². The molecule has 0 fully saturated rings. The molecule has 3 rings (SSSR count). The number of aromatic nitrogens is 1. The number of carbonyl (C=O) groups is 1. The van der Waals surface area contributed by atoms with Gasteiger partial charge in [-0.1, -0.05) is 23.4 Å². The predicted octanol–water partition coefficient (Wildman–Crippen LogP) is 3.07. The van der Waals surface area contributed by atoms with Crippen molar-refractivity contribution in [1.82, 2.24) is 10.5 Å². The zero-order valence-corrected chi connectivity index (χ0v) is 14.7. The molecule has 5 nitrogen and oxygen atoms in total. The summed E-state index contributed by atoms with van der Waals surface area (Å²) in [5.74, 6) is 0.490. The number of aryl methyl sites for hydroxylation is 2. The van der Waals surface area contributed by atoms with Crippen LogP contribution in [0.5, 0.6) is 0 Å². The molecule has 2 N–H and O–H groups in total. The molecule has 0 saturated heterocycles. The number of nitrogens with zero attached hydrogens (tertiary/aromatic N) is 1. The molecular formula is C18H20N2O3S. The van der Waals surface area contributed by atoms with E-state index in [0.29, 0.717) is 5.76 Å². The van der Waals surface area contributed by atoms with Gasteiger partial charge in [0, 0.05) is 15.1 Å². The summed E-state index contributed by atoms with van der Waals surface area (Å²) in [6, 6.07) is 9.96. The molecule has 0 unspecified atom stereocenters. The number of rotatable bonds is 5. The van der Waals surface area contributed by atoms with Gasteiger partial charge in [0.05, 0.1) is 18.7 Å². The molecule has 2 aromatic heterocycles. The van der Waals surface area contributed by atoms with Crippen LogP contribution in [0.25, 0.3) is 10.1 Å². The van der Waals surface area contributed by atoms with E-state index in [9.17, 15) is 9.90 Å². The minimum Gasteiger partial charge on any atom is -0.383 e. The van der Waals surface area contributed by atoms with Gasteiger partial charge >= 0.3 is 0 Å². The van der Waals surface area contributed by atoms with Crippen molar-refractivity contribution in [2.24, 2.45) is 0 Å². The van der Waals surface area contributed by atoms with Gasteiger partial charge in [0.2, 0.25) is 5.91 Å². The van der Waals surface area contributed by atoms with Crippen molar-refractivity contribution in [1.29, 1.82) is 0 Å². The lowest BCUT2D eigenvalue weighted by Gasteiger charge is -2.22.